The van der Waals surface area contributed by atoms with Gasteiger partial charge in [-0.25, -0.2) is 4.79 Å². The first-order valence-corrected chi connectivity index (χ1v) is 5.25. The maximum Gasteiger partial charge on any atom is 0.387 e. The fourth-order valence-electron chi connectivity index (χ4n) is 1.41. The number of nitro benzene ring substituents is 1. The molecule has 0 radical (unpaired) electrons. The summed E-state index contributed by atoms with van der Waals surface area (Å²) in [4.78, 5) is 21.3. The number of nitriles is 1. The van der Waals surface area contributed by atoms with E-state index in [1.165, 1.54) is 13.0 Å². The maximum absolute atomic E-state index is 12.3. The van der Waals surface area contributed by atoms with E-state index in [0.717, 1.165) is 12.1 Å². The second kappa shape index (κ2) is 6.42. The molecule has 0 spiro atoms. The van der Waals surface area contributed by atoms with Crippen molar-refractivity contribution in [2.75, 3.05) is 6.61 Å². The predicted octanol–water partition coefficient (Wildman–Crippen LogP) is 2.24. The molecular weight excluding hydrogens is 278 g/mol. The zero-order valence-electron chi connectivity index (χ0n) is 10.1. The first-order valence-electron chi connectivity index (χ1n) is 5.25. The lowest BCUT2D eigenvalue weighted by molar-refractivity contribution is -0.386. The third kappa shape index (κ3) is 3.17. The van der Waals surface area contributed by atoms with Gasteiger partial charge in [-0.15, -0.1) is 0 Å². The number of esters is 1. The van der Waals surface area contributed by atoms with Crippen molar-refractivity contribution in [1.29, 1.82) is 5.26 Å². The molecule has 0 aliphatic rings. The third-order valence-corrected chi connectivity index (χ3v) is 2.15. The summed E-state index contributed by atoms with van der Waals surface area (Å²) < 4.78 is 33.2. The molecule has 0 fully saturated rings. The molecule has 0 saturated carbocycles. The van der Waals surface area contributed by atoms with Gasteiger partial charge in [0.2, 0.25) is 5.75 Å². The zero-order chi connectivity index (χ0) is 15.3. The second-order valence-corrected chi connectivity index (χ2v) is 3.30. The molecule has 9 heteroatoms. The van der Waals surface area contributed by atoms with Gasteiger partial charge in [-0.3, -0.25) is 10.1 Å². The van der Waals surface area contributed by atoms with Gasteiger partial charge in [0.05, 0.1) is 17.1 Å². The summed E-state index contributed by atoms with van der Waals surface area (Å²) in [7, 11) is 0. The molecule has 0 unspecified atom stereocenters. The minimum absolute atomic E-state index is 0.00821. The van der Waals surface area contributed by atoms with E-state index in [1.807, 2.05) is 0 Å². The fourth-order valence-corrected chi connectivity index (χ4v) is 1.41. The summed E-state index contributed by atoms with van der Waals surface area (Å²) in [5, 5.41) is 19.7. The van der Waals surface area contributed by atoms with Crippen LogP contribution in [0.2, 0.25) is 0 Å². The van der Waals surface area contributed by atoms with Crippen LogP contribution in [0.5, 0.6) is 5.75 Å². The average Bonchev–Trinajstić information content (AvgIpc) is 2.37. The highest BCUT2D eigenvalue weighted by atomic mass is 19.3. The molecule has 0 N–H and O–H groups in total. The van der Waals surface area contributed by atoms with E-state index in [1.54, 1.807) is 0 Å². The largest absolute Gasteiger partial charge is 0.462 e. The van der Waals surface area contributed by atoms with Gasteiger partial charge in [0.25, 0.3) is 0 Å². The Bertz CT molecular complexity index is 583. The number of nitro groups is 1. The summed E-state index contributed by atoms with van der Waals surface area (Å²) in [6.45, 7) is -1.88. The first kappa shape index (κ1) is 15.3. The number of hydrogen-bond acceptors (Lipinski definition) is 6. The van der Waals surface area contributed by atoms with E-state index in [0.29, 0.717) is 0 Å². The molecule has 0 aromatic heterocycles. The van der Waals surface area contributed by atoms with E-state index in [9.17, 15) is 23.7 Å². The highest BCUT2D eigenvalue weighted by Crippen LogP contribution is 2.34. The number of hydrogen-bond donors (Lipinski definition) is 0. The van der Waals surface area contributed by atoms with Gasteiger partial charge in [-0.05, 0) is 13.0 Å². The standard InChI is InChI=1S/C11H8F2N2O5/c1-2-19-10(16)6-3-4-8(15(17)18)9(7(6)5-14)20-11(12)13/h3-4,11H,2H2,1H3. The summed E-state index contributed by atoms with van der Waals surface area (Å²) in [6, 6.07) is 3.19. The Kier molecular flexibility index (Phi) is 4.91. The van der Waals surface area contributed by atoms with Crippen LogP contribution in [0.3, 0.4) is 0 Å². The number of ether oxygens (including phenoxy) is 2. The van der Waals surface area contributed by atoms with Crippen LogP contribution < -0.4 is 4.74 Å². The highest BCUT2D eigenvalue weighted by Gasteiger charge is 2.28. The zero-order valence-corrected chi connectivity index (χ0v) is 10.1. The minimum Gasteiger partial charge on any atom is -0.462 e. The van der Waals surface area contributed by atoms with Gasteiger partial charge >= 0.3 is 18.3 Å². The van der Waals surface area contributed by atoms with Crippen molar-refractivity contribution in [3.63, 3.8) is 0 Å². The van der Waals surface area contributed by atoms with Crippen molar-refractivity contribution in [2.45, 2.75) is 13.5 Å². The fraction of sp³-hybridized carbons (Fsp3) is 0.273. The number of carbonyl (C=O) groups is 1. The Morgan fingerprint density at radius 2 is 2.20 bits per heavy atom. The smallest absolute Gasteiger partial charge is 0.387 e. The van der Waals surface area contributed by atoms with Crippen LogP contribution in [-0.4, -0.2) is 24.1 Å². The molecule has 0 aliphatic carbocycles. The van der Waals surface area contributed by atoms with E-state index in [2.05, 4.69) is 9.47 Å². The van der Waals surface area contributed by atoms with Gasteiger partial charge < -0.3 is 9.47 Å². The lowest BCUT2D eigenvalue weighted by Crippen LogP contribution is -2.12. The van der Waals surface area contributed by atoms with Crippen LogP contribution in [0.25, 0.3) is 0 Å². The lowest BCUT2D eigenvalue weighted by atomic mass is 10.1. The number of benzene rings is 1. The Morgan fingerprint density at radius 1 is 1.55 bits per heavy atom. The molecule has 1 rings (SSSR count). The summed E-state index contributed by atoms with van der Waals surface area (Å²) >= 11 is 0. The van der Waals surface area contributed by atoms with Gasteiger partial charge in [-0.2, -0.15) is 14.0 Å². The van der Waals surface area contributed by atoms with E-state index < -0.39 is 34.5 Å². The predicted molar refractivity (Wildman–Crippen MR) is 60.4 cm³/mol. The van der Waals surface area contributed by atoms with Crippen LogP contribution in [0.15, 0.2) is 12.1 Å². The van der Waals surface area contributed by atoms with Crippen molar-refractivity contribution in [1.82, 2.24) is 0 Å². The molecule has 1 aromatic carbocycles. The summed E-state index contributed by atoms with van der Waals surface area (Å²) in [6.07, 6.45) is 0. The van der Waals surface area contributed by atoms with Gasteiger partial charge in [0.1, 0.15) is 11.6 Å². The van der Waals surface area contributed by atoms with Crippen molar-refractivity contribution in [3.8, 4) is 11.8 Å². The molecule has 20 heavy (non-hydrogen) atoms. The monoisotopic (exact) mass is 286 g/mol. The molecule has 0 atom stereocenters. The van der Waals surface area contributed by atoms with Crippen molar-refractivity contribution < 1.29 is 28.0 Å². The first-order chi connectivity index (χ1) is 9.42. The van der Waals surface area contributed by atoms with E-state index >= 15 is 0 Å². The third-order valence-electron chi connectivity index (χ3n) is 2.15. The van der Waals surface area contributed by atoms with Crippen molar-refractivity contribution in [2.24, 2.45) is 0 Å². The molecule has 106 valence electrons. The molecule has 0 amide bonds. The van der Waals surface area contributed by atoms with Crippen LogP contribution in [0.4, 0.5) is 14.5 Å². The van der Waals surface area contributed by atoms with Gasteiger partial charge in [-0.1, -0.05) is 0 Å². The van der Waals surface area contributed by atoms with Gasteiger partial charge in [0, 0.05) is 6.07 Å². The van der Waals surface area contributed by atoms with E-state index in [-0.39, 0.29) is 12.2 Å². The van der Waals surface area contributed by atoms with E-state index in [4.69, 9.17) is 5.26 Å². The maximum atomic E-state index is 12.3. The number of carbonyl (C=O) groups excluding carboxylic acids is 1. The second-order valence-electron chi connectivity index (χ2n) is 3.30. The van der Waals surface area contributed by atoms with Crippen molar-refractivity contribution >= 4 is 11.7 Å². The van der Waals surface area contributed by atoms with Crippen molar-refractivity contribution in [3.05, 3.63) is 33.4 Å². The number of alkyl halides is 2. The minimum atomic E-state index is -3.38. The molecule has 1 aromatic rings. The highest BCUT2D eigenvalue weighted by molar-refractivity contribution is 5.94. The van der Waals surface area contributed by atoms with Crippen LogP contribution >= 0.6 is 0 Å². The summed E-state index contributed by atoms with van der Waals surface area (Å²) in [5.41, 5.74) is -1.89. The average molecular weight is 286 g/mol. The topological polar surface area (TPSA) is 102 Å². The Hall–Kier alpha value is -2.76. The Morgan fingerprint density at radius 3 is 2.65 bits per heavy atom. The van der Waals surface area contributed by atoms with Crippen LogP contribution in [0, 0.1) is 21.4 Å². The van der Waals surface area contributed by atoms with Crippen LogP contribution in [-0.2, 0) is 4.74 Å². The number of nitrogens with zero attached hydrogens (tertiary/aromatic N) is 2. The number of halogens is 2. The molecule has 0 bridgehead atoms. The van der Waals surface area contributed by atoms with Gasteiger partial charge in [0.15, 0.2) is 0 Å². The lowest BCUT2D eigenvalue weighted by Gasteiger charge is -2.10. The molecule has 7 nitrogen and oxygen atoms in total. The Balaban J connectivity index is 3.48. The molecular formula is C11H8F2N2O5. The Labute approximate surface area is 111 Å². The quantitative estimate of drug-likeness (QED) is 0.467. The molecule has 0 heterocycles. The van der Waals surface area contributed by atoms with Crippen LogP contribution in [0.1, 0.15) is 22.8 Å². The molecule has 0 aliphatic heterocycles. The summed E-state index contributed by atoms with van der Waals surface area (Å²) in [5.74, 6) is -1.92. The number of rotatable bonds is 5. The SMILES string of the molecule is CCOC(=O)c1ccc([N+](=O)[O-])c(OC(F)F)c1C#N. The normalized spacial score (nSPS) is 9.95. The molecule has 0 saturated heterocycles.